The summed E-state index contributed by atoms with van der Waals surface area (Å²) in [4.78, 5) is 19.4. The van der Waals surface area contributed by atoms with Gasteiger partial charge in [0.05, 0.1) is 6.42 Å². The molecular weight excluding hydrogens is 218 g/mol. The van der Waals surface area contributed by atoms with Gasteiger partial charge in [0.1, 0.15) is 11.3 Å². The predicted molar refractivity (Wildman–Crippen MR) is 63.9 cm³/mol. The molecule has 0 aliphatic rings. The molecule has 2 aromatic heterocycles. The highest BCUT2D eigenvalue weighted by Crippen LogP contribution is 2.19. The van der Waals surface area contributed by atoms with Gasteiger partial charge >= 0.3 is 5.97 Å². The molecule has 0 unspecified atom stereocenters. The molecule has 0 aliphatic heterocycles. The maximum atomic E-state index is 10.6. The lowest BCUT2D eigenvalue weighted by molar-refractivity contribution is -0.136. The molecule has 17 heavy (non-hydrogen) atoms. The van der Waals surface area contributed by atoms with Crippen LogP contribution in [0.2, 0.25) is 0 Å². The molecular formula is C12H15N3O2. The van der Waals surface area contributed by atoms with Crippen molar-refractivity contribution in [3.8, 4) is 0 Å². The molecule has 2 heterocycles. The lowest BCUT2D eigenvalue weighted by Gasteiger charge is -2.03. The number of rotatable bonds is 3. The first-order chi connectivity index (χ1) is 7.99. The van der Waals surface area contributed by atoms with Gasteiger partial charge in [0.2, 0.25) is 0 Å². The molecule has 5 heteroatoms. The highest BCUT2D eigenvalue weighted by molar-refractivity contribution is 5.75. The Morgan fingerprint density at radius 1 is 1.53 bits per heavy atom. The summed E-state index contributed by atoms with van der Waals surface area (Å²) in [6, 6.07) is 1.79. The second-order valence-corrected chi connectivity index (χ2v) is 4.44. The van der Waals surface area contributed by atoms with Crippen molar-refractivity contribution in [2.24, 2.45) is 7.05 Å². The van der Waals surface area contributed by atoms with E-state index in [1.54, 1.807) is 12.3 Å². The van der Waals surface area contributed by atoms with Gasteiger partial charge in [0.25, 0.3) is 0 Å². The number of nitrogens with zero attached hydrogens (tertiary/aromatic N) is 3. The molecule has 0 aliphatic carbocycles. The first-order valence-electron chi connectivity index (χ1n) is 5.52. The number of hydrogen-bond donors (Lipinski definition) is 1. The monoisotopic (exact) mass is 233 g/mol. The normalized spacial score (nSPS) is 11.3. The van der Waals surface area contributed by atoms with E-state index in [0.29, 0.717) is 11.5 Å². The Bertz CT molecular complexity index is 572. The largest absolute Gasteiger partial charge is 0.481 e. The average molecular weight is 233 g/mol. The first kappa shape index (κ1) is 11.6. The summed E-state index contributed by atoms with van der Waals surface area (Å²) >= 11 is 0. The highest BCUT2D eigenvalue weighted by Gasteiger charge is 2.12. The lowest BCUT2D eigenvalue weighted by Crippen LogP contribution is -2.01. The van der Waals surface area contributed by atoms with E-state index in [1.165, 1.54) is 0 Å². The smallest absolute Gasteiger partial charge is 0.307 e. The van der Waals surface area contributed by atoms with Crippen LogP contribution in [0.15, 0.2) is 12.3 Å². The zero-order chi connectivity index (χ0) is 12.6. The van der Waals surface area contributed by atoms with Gasteiger partial charge in [-0.05, 0) is 11.6 Å². The van der Waals surface area contributed by atoms with Crippen molar-refractivity contribution < 1.29 is 9.90 Å². The molecule has 0 saturated carbocycles. The van der Waals surface area contributed by atoms with Crippen LogP contribution in [-0.4, -0.2) is 25.6 Å². The number of fused-ring (bicyclic) bond motifs is 1. The topological polar surface area (TPSA) is 68.0 Å². The molecule has 0 saturated heterocycles. The lowest BCUT2D eigenvalue weighted by atomic mass is 10.2. The van der Waals surface area contributed by atoms with Gasteiger partial charge in [-0.2, -0.15) is 0 Å². The van der Waals surface area contributed by atoms with Gasteiger partial charge in [-0.15, -0.1) is 0 Å². The number of hydrogen-bond acceptors (Lipinski definition) is 3. The molecule has 0 fully saturated rings. The first-order valence-corrected chi connectivity index (χ1v) is 5.52. The standard InChI is InChI=1S/C12H15N3O2/c1-7(2)11-14-9-4-8(5-10(16)17)6-13-12(9)15(11)3/h4,6-7H,5H2,1-3H3,(H,16,17). The van der Waals surface area contributed by atoms with Crippen LogP contribution in [0, 0.1) is 0 Å². The van der Waals surface area contributed by atoms with Crippen LogP contribution >= 0.6 is 0 Å². The van der Waals surface area contributed by atoms with E-state index in [0.717, 1.165) is 17.0 Å². The summed E-state index contributed by atoms with van der Waals surface area (Å²) in [6.07, 6.45) is 1.58. The predicted octanol–water partition coefficient (Wildman–Crippen LogP) is 1.72. The third-order valence-electron chi connectivity index (χ3n) is 2.67. The van der Waals surface area contributed by atoms with Crippen LogP contribution in [0.25, 0.3) is 11.2 Å². The maximum Gasteiger partial charge on any atom is 0.307 e. The number of aryl methyl sites for hydroxylation is 1. The van der Waals surface area contributed by atoms with Gasteiger partial charge in [-0.1, -0.05) is 13.8 Å². The summed E-state index contributed by atoms with van der Waals surface area (Å²) in [5.74, 6) is 0.420. The fourth-order valence-corrected chi connectivity index (χ4v) is 1.92. The average Bonchev–Trinajstić information content (AvgIpc) is 2.55. The van der Waals surface area contributed by atoms with Crippen LogP contribution in [-0.2, 0) is 18.3 Å². The van der Waals surface area contributed by atoms with E-state index in [1.807, 2.05) is 11.6 Å². The number of imidazole rings is 1. The zero-order valence-corrected chi connectivity index (χ0v) is 10.1. The van der Waals surface area contributed by atoms with E-state index in [2.05, 4.69) is 23.8 Å². The molecule has 0 aromatic carbocycles. The second-order valence-electron chi connectivity index (χ2n) is 4.44. The Morgan fingerprint density at radius 2 is 2.24 bits per heavy atom. The van der Waals surface area contributed by atoms with Crippen LogP contribution in [0.5, 0.6) is 0 Å². The fraction of sp³-hybridized carbons (Fsp3) is 0.417. The molecule has 0 amide bonds. The quantitative estimate of drug-likeness (QED) is 0.876. The van der Waals surface area contributed by atoms with Crippen LogP contribution in [0.3, 0.4) is 0 Å². The molecule has 0 atom stereocenters. The number of aromatic nitrogens is 3. The Kier molecular flexibility index (Phi) is 2.83. The van der Waals surface area contributed by atoms with Crippen molar-refractivity contribution in [3.05, 3.63) is 23.7 Å². The molecule has 5 nitrogen and oxygen atoms in total. The molecule has 0 radical (unpaired) electrons. The van der Waals surface area contributed by atoms with Gasteiger partial charge < -0.3 is 9.67 Å². The molecule has 1 N–H and O–H groups in total. The highest BCUT2D eigenvalue weighted by atomic mass is 16.4. The molecule has 90 valence electrons. The van der Waals surface area contributed by atoms with Crippen molar-refractivity contribution in [1.82, 2.24) is 14.5 Å². The van der Waals surface area contributed by atoms with Gasteiger partial charge in [-0.3, -0.25) is 4.79 Å². The summed E-state index contributed by atoms with van der Waals surface area (Å²) in [5.41, 5.74) is 2.23. The number of aliphatic carboxylic acids is 1. The molecule has 0 bridgehead atoms. The minimum atomic E-state index is -0.855. The van der Waals surface area contributed by atoms with Crippen molar-refractivity contribution in [1.29, 1.82) is 0 Å². The Labute approximate surface area is 99.1 Å². The second kappa shape index (κ2) is 4.16. The Morgan fingerprint density at radius 3 is 2.82 bits per heavy atom. The SMILES string of the molecule is CC(C)c1nc2cc(CC(=O)O)cnc2n1C. The Balaban J connectivity index is 2.51. The number of carboxylic acid groups (broad SMARTS) is 1. The third-order valence-corrected chi connectivity index (χ3v) is 2.67. The molecule has 2 rings (SSSR count). The summed E-state index contributed by atoms with van der Waals surface area (Å²) in [6.45, 7) is 4.14. The van der Waals surface area contributed by atoms with Crippen LogP contribution in [0.1, 0.15) is 31.2 Å². The maximum absolute atomic E-state index is 10.6. The van der Waals surface area contributed by atoms with E-state index >= 15 is 0 Å². The van der Waals surface area contributed by atoms with E-state index in [9.17, 15) is 4.79 Å². The van der Waals surface area contributed by atoms with E-state index < -0.39 is 5.97 Å². The van der Waals surface area contributed by atoms with Crippen molar-refractivity contribution in [2.75, 3.05) is 0 Å². The molecule has 2 aromatic rings. The third kappa shape index (κ3) is 2.13. The van der Waals surface area contributed by atoms with E-state index in [-0.39, 0.29) is 6.42 Å². The van der Waals surface area contributed by atoms with Crippen molar-refractivity contribution >= 4 is 17.1 Å². The van der Waals surface area contributed by atoms with E-state index in [4.69, 9.17) is 5.11 Å². The van der Waals surface area contributed by atoms with Crippen LogP contribution in [0.4, 0.5) is 0 Å². The van der Waals surface area contributed by atoms with Crippen molar-refractivity contribution in [3.63, 3.8) is 0 Å². The summed E-state index contributed by atoms with van der Waals surface area (Å²) < 4.78 is 1.95. The number of carboxylic acids is 1. The Hall–Kier alpha value is -1.91. The minimum Gasteiger partial charge on any atom is -0.481 e. The van der Waals surface area contributed by atoms with Crippen molar-refractivity contribution in [2.45, 2.75) is 26.2 Å². The van der Waals surface area contributed by atoms with Gasteiger partial charge in [0, 0.05) is 19.2 Å². The molecule has 0 spiro atoms. The minimum absolute atomic E-state index is 0.0173. The van der Waals surface area contributed by atoms with Crippen LogP contribution < -0.4 is 0 Å². The number of carbonyl (C=O) groups is 1. The summed E-state index contributed by atoms with van der Waals surface area (Å²) in [5, 5.41) is 8.73. The fourth-order valence-electron chi connectivity index (χ4n) is 1.92. The zero-order valence-electron chi connectivity index (χ0n) is 10.1. The number of pyridine rings is 1. The summed E-state index contributed by atoms with van der Waals surface area (Å²) in [7, 11) is 1.93. The van der Waals surface area contributed by atoms with Gasteiger partial charge in [-0.25, -0.2) is 9.97 Å². The van der Waals surface area contributed by atoms with Gasteiger partial charge in [0.15, 0.2) is 5.65 Å².